The highest BCUT2D eigenvalue weighted by molar-refractivity contribution is 7.10. The van der Waals surface area contributed by atoms with Crippen molar-refractivity contribution in [2.24, 2.45) is 0 Å². The van der Waals surface area contributed by atoms with Gasteiger partial charge in [-0.2, -0.15) is 0 Å². The quantitative estimate of drug-likeness (QED) is 0.585. The Kier molecular flexibility index (Phi) is 1.78. The van der Waals surface area contributed by atoms with Gasteiger partial charge in [0, 0.05) is 10.8 Å². The van der Waals surface area contributed by atoms with Crippen LogP contribution in [0.2, 0.25) is 0 Å². The minimum Gasteiger partial charge on any atom is -0.303 e. The van der Waals surface area contributed by atoms with Crippen molar-refractivity contribution < 1.29 is 4.79 Å². The first-order valence-corrected chi connectivity index (χ1v) is 4.81. The standard InChI is InChI=1S/C9H10OS/c10-6-8-3-1-2-7-4-5-11-9(7)8/h4-6,8H,1-3H2. The first kappa shape index (κ1) is 7.04. The summed E-state index contributed by atoms with van der Waals surface area (Å²) in [7, 11) is 0. The molecule has 1 aliphatic carbocycles. The highest BCUT2D eigenvalue weighted by atomic mass is 32.1. The molecule has 0 saturated carbocycles. The van der Waals surface area contributed by atoms with Gasteiger partial charge in [-0.15, -0.1) is 11.3 Å². The van der Waals surface area contributed by atoms with Gasteiger partial charge in [-0.05, 0) is 36.3 Å². The normalized spacial score (nSPS) is 22.7. The summed E-state index contributed by atoms with van der Waals surface area (Å²) >= 11 is 1.73. The molecule has 2 heteroatoms. The molecule has 1 aliphatic rings. The van der Waals surface area contributed by atoms with Gasteiger partial charge in [0.05, 0.1) is 0 Å². The minimum absolute atomic E-state index is 0.207. The molecule has 1 atom stereocenters. The van der Waals surface area contributed by atoms with E-state index in [1.54, 1.807) is 11.3 Å². The zero-order valence-electron chi connectivity index (χ0n) is 6.25. The van der Waals surface area contributed by atoms with Crippen LogP contribution in [0.25, 0.3) is 0 Å². The molecule has 58 valence electrons. The molecular formula is C9H10OS. The van der Waals surface area contributed by atoms with Crippen LogP contribution in [0, 0.1) is 0 Å². The van der Waals surface area contributed by atoms with Crippen molar-refractivity contribution in [2.45, 2.75) is 25.2 Å². The minimum atomic E-state index is 0.207. The summed E-state index contributed by atoms with van der Waals surface area (Å²) in [6.07, 6.45) is 4.49. The van der Waals surface area contributed by atoms with Crippen LogP contribution >= 0.6 is 11.3 Å². The number of fused-ring (bicyclic) bond motifs is 1. The molecular weight excluding hydrogens is 156 g/mol. The molecule has 1 nitrogen and oxygen atoms in total. The lowest BCUT2D eigenvalue weighted by Crippen LogP contribution is -2.07. The molecule has 0 aliphatic heterocycles. The fourth-order valence-corrected chi connectivity index (χ4v) is 2.70. The summed E-state index contributed by atoms with van der Waals surface area (Å²) < 4.78 is 0. The lowest BCUT2D eigenvalue weighted by molar-refractivity contribution is -0.109. The second-order valence-electron chi connectivity index (χ2n) is 2.94. The van der Waals surface area contributed by atoms with E-state index >= 15 is 0 Å². The van der Waals surface area contributed by atoms with E-state index in [2.05, 4.69) is 11.4 Å². The second-order valence-corrected chi connectivity index (χ2v) is 3.89. The molecule has 0 N–H and O–H groups in total. The first-order valence-electron chi connectivity index (χ1n) is 3.93. The lowest BCUT2D eigenvalue weighted by Gasteiger charge is -2.16. The Morgan fingerprint density at radius 1 is 1.64 bits per heavy atom. The van der Waals surface area contributed by atoms with Gasteiger partial charge in [0.2, 0.25) is 0 Å². The number of carbonyl (C=O) groups excluding carboxylic acids is 1. The molecule has 0 saturated heterocycles. The number of hydrogen-bond donors (Lipinski definition) is 0. The highest BCUT2D eigenvalue weighted by Gasteiger charge is 2.19. The van der Waals surface area contributed by atoms with E-state index in [4.69, 9.17) is 0 Å². The Hall–Kier alpha value is -0.630. The molecule has 11 heavy (non-hydrogen) atoms. The van der Waals surface area contributed by atoms with Gasteiger partial charge >= 0.3 is 0 Å². The number of rotatable bonds is 1. The molecule has 0 aromatic carbocycles. The smallest absolute Gasteiger partial charge is 0.128 e. The van der Waals surface area contributed by atoms with Gasteiger partial charge in [-0.3, -0.25) is 0 Å². The molecule has 0 amide bonds. The molecule has 1 unspecified atom stereocenters. The lowest BCUT2D eigenvalue weighted by atomic mass is 9.91. The summed E-state index contributed by atoms with van der Waals surface area (Å²) in [6, 6.07) is 2.15. The van der Waals surface area contributed by atoms with E-state index < -0.39 is 0 Å². The Balaban J connectivity index is 2.39. The van der Waals surface area contributed by atoms with Crippen molar-refractivity contribution in [1.82, 2.24) is 0 Å². The van der Waals surface area contributed by atoms with Gasteiger partial charge in [0.25, 0.3) is 0 Å². The number of aldehydes is 1. The molecule has 0 bridgehead atoms. The van der Waals surface area contributed by atoms with Gasteiger partial charge < -0.3 is 4.79 Å². The van der Waals surface area contributed by atoms with Crippen LogP contribution in [0.15, 0.2) is 11.4 Å². The van der Waals surface area contributed by atoms with Gasteiger partial charge in [0.1, 0.15) is 6.29 Å². The van der Waals surface area contributed by atoms with Gasteiger partial charge in [-0.25, -0.2) is 0 Å². The Bertz CT molecular complexity index is 264. The van der Waals surface area contributed by atoms with Crippen molar-refractivity contribution >= 4 is 17.6 Å². The number of carbonyl (C=O) groups is 1. The third-order valence-electron chi connectivity index (χ3n) is 2.24. The van der Waals surface area contributed by atoms with Crippen LogP contribution in [-0.2, 0) is 11.2 Å². The molecule has 0 fully saturated rings. The summed E-state index contributed by atoms with van der Waals surface area (Å²) in [5.41, 5.74) is 1.40. The van der Waals surface area contributed by atoms with E-state index in [0.717, 1.165) is 12.7 Å². The predicted molar refractivity (Wildman–Crippen MR) is 46.1 cm³/mol. The van der Waals surface area contributed by atoms with Gasteiger partial charge in [0.15, 0.2) is 0 Å². The Labute approximate surface area is 70.1 Å². The highest BCUT2D eigenvalue weighted by Crippen LogP contribution is 2.33. The predicted octanol–water partition coefficient (Wildman–Crippen LogP) is 2.37. The fraction of sp³-hybridized carbons (Fsp3) is 0.444. The van der Waals surface area contributed by atoms with Crippen LogP contribution < -0.4 is 0 Å². The van der Waals surface area contributed by atoms with Crippen molar-refractivity contribution in [3.63, 3.8) is 0 Å². The number of aryl methyl sites for hydroxylation is 1. The Morgan fingerprint density at radius 2 is 2.55 bits per heavy atom. The van der Waals surface area contributed by atoms with Crippen LogP contribution in [0.4, 0.5) is 0 Å². The molecule has 1 heterocycles. The maximum Gasteiger partial charge on any atom is 0.128 e. The van der Waals surface area contributed by atoms with E-state index in [-0.39, 0.29) is 5.92 Å². The summed E-state index contributed by atoms with van der Waals surface area (Å²) in [6.45, 7) is 0. The largest absolute Gasteiger partial charge is 0.303 e. The second kappa shape index (κ2) is 2.78. The average Bonchev–Trinajstić information content (AvgIpc) is 2.50. The topological polar surface area (TPSA) is 17.1 Å². The summed E-state index contributed by atoms with van der Waals surface area (Å²) in [5.74, 6) is 0.207. The SMILES string of the molecule is O=CC1CCCc2ccsc21. The maximum absolute atomic E-state index is 10.6. The van der Waals surface area contributed by atoms with Gasteiger partial charge in [-0.1, -0.05) is 0 Å². The zero-order valence-corrected chi connectivity index (χ0v) is 7.06. The molecule has 2 rings (SSSR count). The summed E-state index contributed by atoms with van der Waals surface area (Å²) in [4.78, 5) is 11.9. The number of thiophene rings is 1. The van der Waals surface area contributed by atoms with E-state index in [1.165, 1.54) is 23.3 Å². The third-order valence-corrected chi connectivity index (χ3v) is 3.33. The zero-order chi connectivity index (χ0) is 7.68. The molecule has 0 radical (unpaired) electrons. The monoisotopic (exact) mass is 166 g/mol. The van der Waals surface area contributed by atoms with E-state index in [0.29, 0.717) is 0 Å². The van der Waals surface area contributed by atoms with Crippen LogP contribution in [0.3, 0.4) is 0 Å². The average molecular weight is 166 g/mol. The summed E-state index contributed by atoms with van der Waals surface area (Å²) in [5, 5.41) is 2.09. The molecule has 1 aromatic heterocycles. The van der Waals surface area contributed by atoms with Crippen molar-refractivity contribution in [3.8, 4) is 0 Å². The number of hydrogen-bond acceptors (Lipinski definition) is 2. The maximum atomic E-state index is 10.6. The van der Waals surface area contributed by atoms with Crippen molar-refractivity contribution in [1.29, 1.82) is 0 Å². The molecule has 0 spiro atoms. The van der Waals surface area contributed by atoms with Crippen molar-refractivity contribution in [3.05, 3.63) is 21.9 Å². The fourth-order valence-electron chi connectivity index (χ4n) is 1.65. The van der Waals surface area contributed by atoms with E-state index in [9.17, 15) is 4.79 Å². The van der Waals surface area contributed by atoms with Crippen molar-refractivity contribution in [2.75, 3.05) is 0 Å². The van der Waals surface area contributed by atoms with Crippen LogP contribution in [0.1, 0.15) is 29.2 Å². The van der Waals surface area contributed by atoms with Crippen LogP contribution in [-0.4, -0.2) is 6.29 Å². The first-order chi connectivity index (χ1) is 5.42. The van der Waals surface area contributed by atoms with E-state index in [1.807, 2.05) is 0 Å². The Morgan fingerprint density at radius 3 is 3.36 bits per heavy atom. The third kappa shape index (κ3) is 1.11. The van der Waals surface area contributed by atoms with Crippen LogP contribution in [0.5, 0.6) is 0 Å². The molecule has 1 aromatic rings.